The first-order valence-corrected chi connectivity index (χ1v) is 12.4. The molecule has 2 aromatic heterocycles. The average Bonchev–Trinajstić information content (AvgIpc) is 3.46. The van der Waals surface area contributed by atoms with Crippen molar-refractivity contribution in [2.75, 3.05) is 0 Å². The summed E-state index contributed by atoms with van der Waals surface area (Å²) in [5.41, 5.74) is 2.35. The molecule has 4 aromatic rings. The molecule has 0 fully saturated rings. The van der Waals surface area contributed by atoms with Crippen LogP contribution in [0.15, 0.2) is 48.5 Å². The number of aromatic nitrogens is 6. The third kappa shape index (κ3) is 5.46. The van der Waals surface area contributed by atoms with Crippen molar-refractivity contribution in [3.8, 4) is 22.5 Å². The predicted octanol–water partition coefficient (Wildman–Crippen LogP) is 4.89. The van der Waals surface area contributed by atoms with Gasteiger partial charge in [-0.15, -0.1) is 10.2 Å². The van der Waals surface area contributed by atoms with E-state index in [0.29, 0.717) is 24.6 Å². The zero-order valence-corrected chi connectivity index (χ0v) is 22.2. The van der Waals surface area contributed by atoms with Crippen LogP contribution in [0.25, 0.3) is 22.5 Å². The first-order chi connectivity index (χ1) is 17.4. The molecular weight excluding hydrogens is 468 g/mol. The highest BCUT2D eigenvalue weighted by atomic mass is 16.4. The number of aryl methyl sites for hydroxylation is 1. The lowest BCUT2D eigenvalue weighted by Gasteiger charge is -2.16. The second kappa shape index (κ2) is 9.89. The Balaban J connectivity index is 1.69. The number of aromatic carboxylic acids is 1. The van der Waals surface area contributed by atoms with Crippen molar-refractivity contribution in [2.24, 2.45) is 0 Å². The van der Waals surface area contributed by atoms with E-state index in [-0.39, 0.29) is 16.9 Å². The van der Waals surface area contributed by atoms with Gasteiger partial charge in [-0.1, -0.05) is 55.5 Å². The zero-order chi connectivity index (χ0) is 27.0. The molecule has 0 aliphatic rings. The Labute approximate surface area is 216 Å². The minimum atomic E-state index is -1.36. The molecule has 9 heteroatoms. The summed E-state index contributed by atoms with van der Waals surface area (Å²) in [6.07, 6.45) is 1.43. The Morgan fingerprint density at radius 3 is 2.16 bits per heavy atom. The highest BCUT2D eigenvalue weighted by Crippen LogP contribution is 2.31. The summed E-state index contributed by atoms with van der Waals surface area (Å²) in [7, 11) is 0. The molecule has 194 valence electrons. The molecule has 0 aliphatic heterocycles. The molecule has 0 aliphatic carbocycles. The fourth-order valence-corrected chi connectivity index (χ4v) is 4.24. The first-order valence-electron chi connectivity index (χ1n) is 12.4. The summed E-state index contributed by atoms with van der Waals surface area (Å²) in [6.45, 7) is 11.5. The summed E-state index contributed by atoms with van der Waals surface area (Å²) in [5.74, 6) is 0.107. The predicted molar refractivity (Wildman–Crippen MR) is 141 cm³/mol. The van der Waals surface area contributed by atoms with Crippen LogP contribution in [0.5, 0.6) is 0 Å². The maximum Gasteiger partial charge on any atom is 0.354 e. The summed E-state index contributed by atoms with van der Waals surface area (Å²) in [5, 5.41) is 33.6. The Kier molecular flexibility index (Phi) is 7.01. The number of carboxylic acid groups (broad SMARTS) is 1. The number of carboxylic acids is 1. The second-order valence-corrected chi connectivity index (χ2v) is 10.7. The first kappa shape index (κ1) is 26.2. The van der Waals surface area contributed by atoms with Crippen LogP contribution in [-0.2, 0) is 24.1 Å². The number of hydrogen-bond acceptors (Lipinski definition) is 6. The number of hydrogen-bond donors (Lipinski definition) is 2. The molecule has 0 atom stereocenters. The van der Waals surface area contributed by atoms with Gasteiger partial charge in [0.2, 0.25) is 5.82 Å². The fraction of sp³-hybridized carbons (Fsp3) is 0.393. The summed E-state index contributed by atoms with van der Waals surface area (Å²) >= 11 is 0. The Hall–Kier alpha value is -3.85. The van der Waals surface area contributed by atoms with Crippen molar-refractivity contribution >= 4 is 5.97 Å². The molecule has 2 N–H and O–H groups in total. The van der Waals surface area contributed by atoms with E-state index in [1.165, 1.54) is 0 Å². The molecular formula is C28H34N6O3. The van der Waals surface area contributed by atoms with Gasteiger partial charge in [-0.05, 0) is 62.9 Å². The number of nitrogens with zero attached hydrogens (tertiary/aromatic N) is 6. The average molecular weight is 503 g/mol. The molecule has 0 bridgehead atoms. The van der Waals surface area contributed by atoms with Gasteiger partial charge in [-0.3, -0.25) is 0 Å². The van der Waals surface area contributed by atoms with Crippen molar-refractivity contribution in [1.82, 2.24) is 29.8 Å². The van der Waals surface area contributed by atoms with Crippen LogP contribution in [-0.4, -0.2) is 45.9 Å². The highest BCUT2D eigenvalue weighted by Gasteiger charge is 2.31. The largest absolute Gasteiger partial charge is 0.477 e. The van der Waals surface area contributed by atoms with Gasteiger partial charge in [-0.25, -0.2) is 9.78 Å². The molecule has 9 nitrogen and oxygen atoms in total. The zero-order valence-electron chi connectivity index (χ0n) is 22.2. The third-order valence-corrected chi connectivity index (χ3v) is 6.09. The van der Waals surface area contributed by atoms with Gasteiger partial charge in [0.25, 0.3) is 0 Å². The maximum atomic E-state index is 12.2. The lowest BCUT2D eigenvalue weighted by Crippen LogP contribution is -2.24. The standard InChI is InChI=1S/C28H34N6O3/c1-7-10-22-29-24(28(5,6)37)23(26(35)36)33(22)17-18-13-15-19(16-14-18)20-11-8-9-12-21(20)25-30-32-34(31-25)27(2,3)4/h8-9,11-16,37H,7,10,17H2,1-6H3,(H,35,36). The molecule has 2 heterocycles. The number of aliphatic hydroxyl groups is 1. The van der Waals surface area contributed by atoms with E-state index >= 15 is 0 Å². The highest BCUT2D eigenvalue weighted by molar-refractivity contribution is 5.87. The molecule has 0 saturated heterocycles. The summed E-state index contributed by atoms with van der Waals surface area (Å²) in [6, 6.07) is 15.9. The van der Waals surface area contributed by atoms with Crippen molar-refractivity contribution in [1.29, 1.82) is 0 Å². The van der Waals surface area contributed by atoms with Crippen molar-refractivity contribution in [3.63, 3.8) is 0 Å². The van der Waals surface area contributed by atoms with Crippen molar-refractivity contribution in [2.45, 2.75) is 72.1 Å². The molecule has 2 aromatic carbocycles. The molecule has 37 heavy (non-hydrogen) atoms. The monoisotopic (exact) mass is 502 g/mol. The van der Waals surface area contributed by atoms with Gasteiger partial charge < -0.3 is 14.8 Å². The van der Waals surface area contributed by atoms with E-state index in [1.54, 1.807) is 23.2 Å². The smallest absolute Gasteiger partial charge is 0.354 e. The Morgan fingerprint density at radius 2 is 1.62 bits per heavy atom. The van der Waals surface area contributed by atoms with Crippen LogP contribution in [0, 0.1) is 0 Å². The van der Waals surface area contributed by atoms with Crippen molar-refractivity contribution < 1.29 is 15.0 Å². The van der Waals surface area contributed by atoms with E-state index in [2.05, 4.69) is 20.4 Å². The quantitative estimate of drug-likeness (QED) is 0.352. The van der Waals surface area contributed by atoms with E-state index in [9.17, 15) is 15.0 Å². The number of imidazole rings is 1. The van der Waals surface area contributed by atoms with Crippen LogP contribution < -0.4 is 0 Å². The van der Waals surface area contributed by atoms with Gasteiger partial charge in [0, 0.05) is 18.5 Å². The van der Waals surface area contributed by atoms with E-state index < -0.39 is 11.6 Å². The summed E-state index contributed by atoms with van der Waals surface area (Å²) in [4.78, 5) is 18.3. The molecule has 0 amide bonds. The van der Waals surface area contributed by atoms with Crippen molar-refractivity contribution in [3.05, 3.63) is 71.3 Å². The molecule has 0 radical (unpaired) electrons. The van der Waals surface area contributed by atoms with Crippen LogP contribution in [0.2, 0.25) is 0 Å². The Morgan fingerprint density at radius 1 is 0.973 bits per heavy atom. The SMILES string of the molecule is CCCc1nc(C(C)(C)O)c(C(=O)O)n1Cc1ccc(-c2ccccc2-c2nnn(C(C)(C)C)n2)cc1. The topological polar surface area (TPSA) is 119 Å². The van der Waals surface area contributed by atoms with Crippen LogP contribution in [0.4, 0.5) is 0 Å². The molecule has 0 saturated carbocycles. The third-order valence-electron chi connectivity index (χ3n) is 6.09. The van der Waals surface area contributed by atoms with E-state index in [1.807, 2.05) is 76.2 Å². The van der Waals surface area contributed by atoms with Gasteiger partial charge >= 0.3 is 5.97 Å². The van der Waals surface area contributed by atoms with Gasteiger partial charge in [0.05, 0.1) is 5.54 Å². The van der Waals surface area contributed by atoms with E-state index in [4.69, 9.17) is 0 Å². The molecule has 0 unspecified atom stereocenters. The maximum absolute atomic E-state index is 12.2. The minimum absolute atomic E-state index is 0.0263. The lowest BCUT2D eigenvalue weighted by molar-refractivity contribution is 0.0602. The van der Waals surface area contributed by atoms with Crippen LogP contribution in [0.3, 0.4) is 0 Å². The Bertz CT molecular complexity index is 1410. The molecule has 4 rings (SSSR count). The number of carbonyl (C=O) groups is 1. The number of tetrazole rings is 1. The summed E-state index contributed by atoms with van der Waals surface area (Å²) < 4.78 is 1.71. The van der Waals surface area contributed by atoms with Gasteiger partial charge in [0.15, 0.2) is 5.69 Å². The van der Waals surface area contributed by atoms with E-state index in [0.717, 1.165) is 28.7 Å². The van der Waals surface area contributed by atoms with Crippen LogP contribution in [0.1, 0.15) is 75.5 Å². The lowest BCUT2D eigenvalue weighted by atomic mass is 9.98. The second-order valence-electron chi connectivity index (χ2n) is 10.7. The van der Waals surface area contributed by atoms with Gasteiger partial charge in [0.1, 0.15) is 17.1 Å². The normalized spacial score (nSPS) is 12.2. The van der Waals surface area contributed by atoms with Gasteiger partial charge in [-0.2, -0.15) is 4.80 Å². The fourth-order valence-electron chi connectivity index (χ4n) is 4.24. The number of benzene rings is 2. The van der Waals surface area contributed by atoms with Crippen LogP contribution >= 0.6 is 0 Å². The molecule has 0 spiro atoms. The minimum Gasteiger partial charge on any atom is -0.477 e. The number of rotatable bonds is 8.